The van der Waals surface area contributed by atoms with Gasteiger partial charge in [-0.3, -0.25) is 9.36 Å². The lowest BCUT2D eigenvalue weighted by molar-refractivity contribution is -0.114. The zero-order valence-corrected chi connectivity index (χ0v) is 18.6. The Kier molecular flexibility index (Phi) is 4.50. The standard InChI is InChI=1S/C25H26BN2O3/c1-24(2,30-5)25(3,4)31-26-18-14-13-16-21-15(18)9-8-10-17(21)23(29)28-20-12-7-6-11-19(20)27-22(16)28/h6-11,13-14,20H,12H2,1-5H3. The van der Waals surface area contributed by atoms with Gasteiger partial charge in [0, 0.05) is 23.3 Å². The molecule has 31 heavy (non-hydrogen) atoms. The first kappa shape index (κ1) is 20.2. The molecule has 5 nitrogen and oxygen atoms in total. The first-order valence-corrected chi connectivity index (χ1v) is 10.7. The van der Waals surface area contributed by atoms with E-state index in [0.29, 0.717) is 5.39 Å². The summed E-state index contributed by atoms with van der Waals surface area (Å²) < 4.78 is 13.7. The summed E-state index contributed by atoms with van der Waals surface area (Å²) in [5.74, 6) is 0. The van der Waals surface area contributed by atoms with Crippen molar-refractivity contribution in [3.8, 4) is 0 Å². The van der Waals surface area contributed by atoms with E-state index in [1.165, 1.54) is 0 Å². The molecule has 1 atom stereocenters. The van der Waals surface area contributed by atoms with E-state index in [9.17, 15) is 4.79 Å². The third kappa shape index (κ3) is 2.93. The van der Waals surface area contributed by atoms with E-state index in [4.69, 9.17) is 14.4 Å². The summed E-state index contributed by atoms with van der Waals surface area (Å²) in [6.45, 7) is 8.03. The monoisotopic (exact) mass is 413 g/mol. The van der Waals surface area contributed by atoms with E-state index in [2.05, 4.69) is 12.1 Å². The van der Waals surface area contributed by atoms with Crippen molar-refractivity contribution in [1.82, 2.24) is 4.57 Å². The van der Waals surface area contributed by atoms with Crippen molar-refractivity contribution in [2.45, 2.75) is 51.4 Å². The first-order chi connectivity index (χ1) is 14.7. The van der Waals surface area contributed by atoms with Crippen LogP contribution in [0.25, 0.3) is 21.5 Å². The summed E-state index contributed by atoms with van der Waals surface area (Å²) in [4.78, 5) is 18.3. The maximum absolute atomic E-state index is 13.5. The molecule has 2 aromatic carbocycles. The van der Waals surface area contributed by atoms with Crippen LogP contribution in [0.5, 0.6) is 0 Å². The predicted molar refractivity (Wildman–Crippen MR) is 125 cm³/mol. The Hall–Kier alpha value is -2.70. The van der Waals surface area contributed by atoms with Crippen molar-refractivity contribution < 1.29 is 9.39 Å². The fourth-order valence-corrected chi connectivity index (χ4v) is 4.33. The Morgan fingerprint density at radius 1 is 1.06 bits per heavy atom. The smallest absolute Gasteiger partial charge is 0.331 e. The minimum absolute atomic E-state index is 0.0115. The van der Waals surface area contributed by atoms with Crippen LogP contribution in [-0.2, 0) is 9.39 Å². The van der Waals surface area contributed by atoms with Crippen molar-refractivity contribution in [1.29, 1.82) is 0 Å². The average Bonchev–Trinajstić information content (AvgIpc) is 3.16. The van der Waals surface area contributed by atoms with Crippen molar-refractivity contribution in [2.24, 2.45) is 4.99 Å². The molecule has 2 heterocycles. The number of aromatic nitrogens is 1. The van der Waals surface area contributed by atoms with Crippen LogP contribution in [0.1, 0.15) is 40.2 Å². The highest BCUT2D eigenvalue weighted by atomic mass is 16.5. The minimum Gasteiger partial charge on any atom is -0.427 e. The number of pyridine rings is 1. The highest BCUT2D eigenvalue weighted by molar-refractivity contribution is 6.52. The van der Waals surface area contributed by atoms with E-state index < -0.39 is 11.2 Å². The Balaban J connectivity index is 1.67. The van der Waals surface area contributed by atoms with Gasteiger partial charge in [-0.15, -0.1) is 0 Å². The molecule has 0 fully saturated rings. The molecule has 2 aliphatic rings. The Morgan fingerprint density at radius 2 is 1.84 bits per heavy atom. The number of hydrogen-bond donors (Lipinski definition) is 0. The lowest BCUT2D eigenvalue weighted by atomic mass is 9.79. The second-order valence-electron chi connectivity index (χ2n) is 9.27. The molecule has 157 valence electrons. The largest absolute Gasteiger partial charge is 0.427 e. The molecule has 1 aromatic heterocycles. The van der Waals surface area contributed by atoms with Gasteiger partial charge in [0.25, 0.3) is 5.56 Å². The van der Waals surface area contributed by atoms with Crippen LogP contribution < -0.4 is 16.5 Å². The zero-order valence-electron chi connectivity index (χ0n) is 18.6. The van der Waals surface area contributed by atoms with Gasteiger partial charge >= 0.3 is 7.48 Å². The molecule has 0 N–H and O–H groups in total. The van der Waals surface area contributed by atoms with E-state index in [1.54, 1.807) is 14.6 Å². The van der Waals surface area contributed by atoms with Crippen molar-refractivity contribution in [2.75, 3.05) is 7.11 Å². The molecule has 0 spiro atoms. The number of nitrogens with zero attached hydrogens (tertiary/aromatic N) is 2. The molecule has 0 amide bonds. The van der Waals surface area contributed by atoms with Crippen LogP contribution in [0.15, 0.2) is 64.0 Å². The van der Waals surface area contributed by atoms with Gasteiger partial charge in [0.05, 0.1) is 22.9 Å². The number of benzene rings is 2. The van der Waals surface area contributed by atoms with Crippen LogP contribution in [0.3, 0.4) is 0 Å². The summed E-state index contributed by atoms with van der Waals surface area (Å²) in [6.07, 6.45) is 6.90. The van der Waals surface area contributed by atoms with Crippen molar-refractivity contribution in [3.05, 3.63) is 70.1 Å². The van der Waals surface area contributed by atoms with Crippen LogP contribution in [0.4, 0.5) is 0 Å². The molecule has 5 rings (SSSR count). The zero-order chi connectivity index (χ0) is 22.0. The minimum atomic E-state index is -0.543. The Morgan fingerprint density at radius 3 is 2.61 bits per heavy atom. The fourth-order valence-electron chi connectivity index (χ4n) is 4.33. The van der Waals surface area contributed by atoms with Gasteiger partial charge in [0.1, 0.15) is 5.49 Å². The number of methoxy groups -OCH3 is 1. The van der Waals surface area contributed by atoms with E-state index >= 15 is 0 Å². The molecule has 6 heteroatoms. The second kappa shape index (κ2) is 6.91. The third-order valence-corrected chi connectivity index (χ3v) is 7.08. The van der Waals surface area contributed by atoms with E-state index in [1.807, 2.05) is 68.7 Å². The van der Waals surface area contributed by atoms with Gasteiger partial charge in [-0.2, -0.15) is 0 Å². The predicted octanol–water partition coefficient (Wildman–Crippen LogP) is 3.36. The summed E-state index contributed by atoms with van der Waals surface area (Å²) in [5.41, 5.74) is 1.64. The molecule has 1 aliphatic carbocycles. The average molecular weight is 413 g/mol. The van der Waals surface area contributed by atoms with E-state index in [0.717, 1.165) is 39.2 Å². The summed E-state index contributed by atoms with van der Waals surface area (Å²) in [7, 11) is 3.47. The molecule has 1 radical (unpaired) electrons. The second-order valence-corrected chi connectivity index (χ2v) is 9.27. The highest BCUT2D eigenvalue weighted by Crippen LogP contribution is 2.31. The molecule has 1 aliphatic heterocycles. The summed E-state index contributed by atoms with van der Waals surface area (Å²) >= 11 is 0. The molecule has 0 saturated carbocycles. The lowest BCUT2D eigenvalue weighted by Crippen LogP contribution is -2.50. The lowest BCUT2D eigenvalue weighted by Gasteiger charge is -2.40. The SMILES string of the molecule is COC(C)(C)C(C)(C)O[B]c1ccc2c3n(c(=O)c4cccc1c42)C1CC=CC=C1N=3. The number of rotatable bonds is 5. The maximum Gasteiger partial charge on any atom is 0.331 e. The normalized spacial score (nSPS) is 18.1. The van der Waals surface area contributed by atoms with E-state index in [-0.39, 0.29) is 11.6 Å². The number of hydrogen-bond acceptors (Lipinski definition) is 4. The van der Waals surface area contributed by atoms with Gasteiger partial charge in [0.2, 0.25) is 0 Å². The van der Waals surface area contributed by atoms with Gasteiger partial charge in [0.15, 0.2) is 0 Å². The quantitative estimate of drug-likeness (QED) is 0.603. The van der Waals surface area contributed by atoms with Crippen LogP contribution >= 0.6 is 0 Å². The molecule has 0 bridgehead atoms. The van der Waals surface area contributed by atoms with Crippen molar-refractivity contribution >= 4 is 34.5 Å². The molecular formula is C25H26BN2O3. The van der Waals surface area contributed by atoms with Crippen molar-refractivity contribution in [3.63, 3.8) is 0 Å². The molecule has 0 saturated heterocycles. The third-order valence-electron chi connectivity index (χ3n) is 7.08. The van der Waals surface area contributed by atoms with Gasteiger partial charge in [-0.25, -0.2) is 4.99 Å². The van der Waals surface area contributed by atoms with Crippen LogP contribution in [-0.4, -0.2) is 30.4 Å². The van der Waals surface area contributed by atoms with Gasteiger partial charge in [-0.1, -0.05) is 36.4 Å². The number of fused-ring (bicyclic) bond motifs is 4. The molecule has 1 unspecified atom stereocenters. The Bertz CT molecular complexity index is 1380. The molecular weight excluding hydrogens is 387 g/mol. The summed E-state index contributed by atoms with van der Waals surface area (Å²) in [5, 5.41) is 3.64. The summed E-state index contributed by atoms with van der Waals surface area (Å²) in [6, 6.07) is 9.98. The maximum atomic E-state index is 13.5. The van der Waals surface area contributed by atoms with Gasteiger partial charge < -0.3 is 9.39 Å². The van der Waals surface area contributed by atoms with Crippen LogP contribution in [0, 0.1) is 0 Å². The number of allylic oxidation sites excluding steroid dienone is 4. The fraction of sp³-hybridized carbons (Fsp3) is 0.360. The first-order valence-electron chi connectivity index (χ1n) is 10.7. The topological polar surface area (TPSA) is 52.8 Å². The molecule has 3 aromatic rings. The van der Waals surface area contributed by atoms with Gasteiger partial charge in [-0.05, 0) is 57.1 Å². The number of ether oxygens (including phenoxy) is 1. The Labute approximate surface area is 182 Å². The van der Waals surface area contributed by atoms with Crippen LogP contribution in [0.2, 0.25) is 0 Å². The highest BCUT2D eigenvalue weighted by Gasteiger charge is 2.38.